The van der Waals surface area contributed by atoms with Crippen molar-refractivity contribution in [3.63, 3.8) is 0 Å². The Morgan fingerprint density at radius 1 is 1.30 bits per heavy atom. The Bertz CT molecular complexity index is 149. The molecule has 10 heavy (non-hydrogen) atoms. The van der Waals surface area contributed by atoms with Crippen molar-refractivity contribution in [3.8, 4) is 0 Å². The van der Waals surface area contributed by atoms with Crippen LogP contribution in [0.1, 0.15) is 0 Å². The maximum absolute atomic E-state index is 10.6. The fraction of sp³-hybridized carbons (Fsp3) is 0. The van der Waals surface area contributed by atoms with E-state index in [1.165, 1.54) is 19.7 Å². The molecular weight excluding hydrogens is 226 g/mol. The van der Waals surface area contributed by atoms with Crippen molar-refractivity contribution in [2.24, 2.45) is 5.73 Å². The van der Waals surface area contributed by atoms with Crippen LogP contribution in [0.3, 0.4) is 0 Å². The fourth-order valence-electron chi connectivity index (χ4n) is 0.240. The predicted octanol–water partition coefficient (Wildman–Crippen LogP) is 2.76. The highest BCUT2D eigenvalue weighted by Gasteiger charge is 2.33. The van der Waals surface area contributed by atoms with Crippen LogP contribution in [-0.2, 0) is 8.96 Å². The molecule has 1 amide bonds. The lowest BCUT2D eigenvalue weighted by Crippen LogP contribution is -2.14. The second-order valence-electron chi connectivity index (χ2n) is 1.15. The smallest absolute Gasteiger partial charge is 0.323 e. The van der Waals surface area contributed by atoms with Crippen LogP contribution in [0.25, 0.3) is 0 Å². The first kappa shape index (κ1) is 9.05. The molecule has 0 atom stereocenters. The summed E-state index contributed by atoms with van der Waals surface area (Å²) in [6.45, 7) is 0. The second-order valence-corrected chi connectivity index (χ2v) is 10.3. The highest BCUT2D eigenvalue weighted by molar-refractivity contribution is 9.37. The van der Waals surface area contributed by atoms with E-state index in [0.717, 1.165) is 0 Å². The Hall–Kier alpha value is 0.960. The van der Waals surface area contributed by atoms with E-state index in [1.807, 2.05) is 10.8 Å². The third-order valence-electron chi connectivity index (χ3n) is 0.533. The summed E-state index contributed by atoms with van der Waals surface area (Å²) in [5, 5.41) is 3.69. The van der Waals surface area contributed by atoms with Gasteiger partial charge in [0.2, 0.25) is 8.96 Å². The summed E-state index contributed by atoms with van der Waals surface area (Å²) >= 11 is 0. The average molecular weight is 230 g/mol. The van der Waals surface area contributed by atoms with E-state index in [2.05, 4.69) is 0 Å². The summed E-state index contributed by atoms with van der Waals surface area (Å²) in [6, 6.07) is 0. The van der Waals surface area contributed by atoms with Gasteiger partial charge in [-0.05, 0) is 32.4 Å². The van der Waals surface area contributed by atoms with Gasteiger partial charge in [0, 0.05) is 0 Å². The first-order valence-corrected chi connectivity index (χ1v) is 8.85. The molecular formula is C3H4NOS5+. The molecule has 7 heteroatoms. The van der Waals surface area contributed by atoms with Crippen LogP contribution in [0.5, 0.6) is 0 Å². The molecule has 0 radical (unpaired) electrons. The number of primary amides is 1. The molecule has 0 saturated carbocycles. The first-order valence-electron chi connectivity index (χ1n) is 2.17. The lowest BCUT2D eigenvalue weighted by atomic mass is 11.3. The molecule has 2 nitrogen and oxygen atoms in total. The summed E-state index contributed by atoms with van der Waals surface area (Å²) in [6.07, 6.45) is 0. The largest absolute Gasteiger partial charge is 0.454 e. The average Bonchev–Trinajstić information content (AvgIpc) is 2.12. The van der Waals surface area contributed by atoms with Crippen LogP contribution < -0.4 is 5.73 Å². The summed E-state index contributed by atoms with van der Waals surface area (Å²) in [4.78, 5) is 10.6. The minimum atomic E-state index is -0.378. The minimum absolute atomic E-state index is 0.223. The molecule has 56 valence electrons. The molecule has 2 N–H and O–H groups in total. The van der Waals surface area contributed by atoms with E-state index in [1.54, 1.807) is 21.6 Å². The molecule has 0 aromatic heterocycles. The van der Waals surface area contributed by atoms with Gasteiger partial charge in [-0.2, -0.15) is 0 Å². The van der Waals surface area contributed by atoms with Gasteiger partial charge < -0.3 is 5.73 Å². The van der Waals surface area contributed by atoms with E-state index >= 15 is 0 Å². The maximum atomic E-state index is 10.6. The summed E-state index contributed by atoms with van der Waals surface area (Å²) in [5.41, 5.74) is 5.11. The van der Waals surface area contributed by atoms with Crippen molar-refractivity contribution >= 4 is 55.4 Å². The number of carbonyl (C=O) groups excluding carboxylic acids is 1. The Kier molecular flexibility index (Phi) is 4.31. The summed E-state index contributed by atoms with van der Waals surface area (Å²) < 4.78 is 0. The van der Waals surface area contributed by atoms with E-state index in [9.17, 15) is 4.79 Å². The van der Waals surface area contributed by atoms with E-state index in [-0.39, 0.29) is 14.2 Å². The third kappa shape index (κ3) is 2.91. The number of carbonyl (C=O) groups is 1. The van der Waals surface area contributed by atoms with E-state index in [0.29, 0.717) is 0 Å². The molecule has 0 fully saturated rings. The zero-order chi connectivity index (χ0) is 7.40. The van der Waals surface area contributed by atoms with Gasteiger partial charge in [-0.15, -0.1) is 0 Å². The molecule has 1 aliphatic rings. The molecule has 0 aliphatic carbocycles. The van der Waals surface area contributed by atoms with Crippen molar-refractivity contribution in [2.75, 3.05) is 0 Å². The van der Waals surface area contributed by atoms with Gasteiger partial charge in [0.15, 0.2) is 19.7 Å². The number of hydrogen-bond acceptors (Lipinski definition) is 5. The van der Waals surface area contributed by atoms with Gasteiger partial charge in [-0.1, -0.05) is 0 Å². The monoisotopic (exact) mass is 230 g/mol. The summed E-state index contributed by atoms with van der Waals surface area (Å²) in [5.74, 6) is 0. The number of amides is 1. The van der Waals surface area contributed by atoms with Crippen molar-refractivity contribution in [1.82, 2.24) is 0 Å². The van der Waals surface area contributed by atoms with Crippen LogP contribution in [0.4, 0.5) is 4.79 Å². The molecule has 0 bridgehead atoms. The zero-order valence-corrected chi connectivity index (χ0v) is 8.76. The van der Waals surface area contributed by atoms with Gasteiger partial charge in [-0.3, -0.25) is 0 Å². The SMILES string of the molecule is NC(=O)[S+]1SSC=CSS1. The second kappa shape index (κ2) is 4.76. The molecule has 0 aromatic carbocycles. The molecule has 1 heterocycles. The number of nitrogens with two attached hydrogens (primary N) is 1. The summed E-state index contributed by atoms with van der Waals surface area (Å²) in [7, 11) is 5.77. The molecule has 0 saturated heterocycles. The predicted molar refractivity (Wildman–Crippen MR) is 56.5 cm³/mol. The van der Waals surface area contributed by atoms with E-state index < -0.39 is 0 Å². The van der Waals surface area contributed by atoms with Gasteiger partial charge in [-0.25, -0.2) is 4.79 Å². The molecule has 0 unspecified atom stereocenters. The normalized spacial score (nSPS) is 20.4. The fourth-order valence-corrected chi connectivity index (χ4v) is 10.7. The van der Waals surface area contributed by atoms with Gasteiger partial charge in [0.1, 0.15) is 0 Å². The maximum Gasteiger partial charge on any atom is 0.454 e. The molecule has 0 aromatic rings. The van der Waals surface area contributed by atoms with Crippen LogP contribution in [0.2, 0.25) is 0 Å². The molecule has 0 spiro atoms. The Morgan fingerprint density at radius 3 is 2.20 bits per heavy atom. The Balaban J connectivity index is 2.41. The van der Waals surface area contributed by atoms with E-state index in [4.69, 9.17) is 5.73 Å². The zero-order valence-electron chi connectivity index (χ0n) is 4.68. The van der Waals surface area contributed by atoms with Crippen molar-refractivity contribution in [3.05, 3.63) is 10.8 Å². The van der Waals surface area contributed by atoms with Gasteiger partial charge in [0.05, 0.1) is 0 Å². The first-order chi connectivity index (χ1) is 4.80. The molecule has 1 aliphatic heterocycles. The molecule has 1 rings (SSSR count). The Morgan fingerprint density at radius 2 is 1.80 bits per heavy atom. The van der Waals surface area contributed by atoms with Crippen LogP contribution in [0, 0.1) is 0 Å². The lowest BCUT2D eigenvalue weighted by Gasteiger charge is -1.88. The topological polar surface area (TPSA) is 43.1 Å². The van der Waals surface area contributed by atoms with Crippen LogP contribution in [-0.4, -0.2) is 5.24 Å². The highest BCUT2D eigenvalue weighted by atomic mass is 33.8. The highest BCUT2D eigenvalue weighted by Crippen LogP contribution is 2.48. The number of hydrogen-bond donors (Lipinski definition) is 1. The Labute approximate surface area is 76.5 Å². The van der Waals surface area contributed by atoms with Crippen molar-refractivity contribution in [2.45, 2.75) is 0 Å². The van der Waals surface area contributed by atoms with Crippen LogP contribution >= 0.6 is 41.2 Å². The van der Waals surface area contributed by atoms with Crippen LogP contribution in [0.15, 0.2) is 10.8 Å². The van der Waals surface area contributed by atoms with Crippen molar-refractivity contribution < 1.29 is 4.79 Å². The lowest BCUT2D eigenvalue weighted by molar-refractivity contribution is 0.267. The quantitative estimate of drug-likeness (QED) is 0.512. The van der Waals surface area contributed by atoms with Gasteiger partial charge >= 0.3 is 5.24 Å². The third-order valence-corrected chi connectivity index (χ3v) is 11.4. The minimum Gasteiger partial charge on any atom is -0.323 e. The van der Waals surface area contributed by atoms with Gasteiger partial charge in [0.25, 0.3) is 0 Å². The van der Waals surface area contributed by atoms with Crippen molar-refractivity contribution in [1.29, 1.82) is 0 Å². The number of rotatable bonds is 0. The standard InChI is InChI=1S/C3H3NOS5/c4-3(5)10-8-6-1-2-7-9-10/h1-2H,(H-,4,5)/p+1.